The normalized spacial score (nSPS) is 9.40. The van der Waals surface area contributed by atoms with E-state index in [2.05, 4.69) is 15.3 Å². The number of anilines is 1. The molecular formula is C6H10N4. The van der Waals surface area contributed by atoms with Gasteiger partial charge in [0, 0.05) is 31.5 Å². The zero-order chi connectivity index (χ0) is 7.40. The van der Waals surface area contributed by atoms with Gasteiger partial charge < -0.3 is 11.1 Å². The van der Waals surface area contributed by atoms with Gasteiger partial charge in [0.05, 0.1) is 0 Å². The molecule has 0 amide bonds. The fourth-order valence-electron chi connectivity index (χ4n) is 0.589. The van der Waals surface area contributed by atoms with Crippen molar-refractivity contribution >= 4 is 5.95 Å². The van der Waals surface area contributed by atoms with Gasteiger partial charge in [-0.05, 0) is 0 Å². The predicted molar refractivity (Wildman–Crippen MR) is 39.5 cm³/mol. The van der Waals surface area contributed by atoms with Crippen molar-refractivity contribution < 1.29 is 0 Å². The van der Waals surface area contributed by atoms with Crippen LogP contribution in [0.2, 0.25) is 0 Å². The second-order valence-corrected chi connectivity index (χ2v) is 1.87. The average molecular weight is 138 g/mol. The van der Waals surface area contributed by atoms with Gasteiger partial charge >= 0.3 is 0 Å². The smallest absolute Gasteiger partial charge is 0.222 e. The van der Waals surface area contributed by atoms with Crippen LogP contribution in [0.25, 0.3) is 0 Å². The topological polar surface area (TPSA) is 63.8 Å². The van der Waals surface area contributed by atoms with E-state index in [1.165, 1.54) is 0 Å². The van der Waals surface area contributed by atoms with Crippen LogP contribution in [-0.2, 0) is 6.54 Å². The van der Waals surface area contributed by atoms with Crippen molar-refractivity contribution in [3.8, 4) is 0 Å². The quantitative estimate of drug-likeness (QED) is 0.602. The molecule has 0 atom stereocenters. The molecule has 0 saturated heterocycles. The Kier molecular flexibility index (Phi) is 2.17. The second kappa shape index (κ2) is 3.12. The van der Waals surface area contributed by atoms with Gasteiger partial charge in [-0.25, -0.2) is 9.97 Å². The molecular weight excluding hydrogens is 128 g/mol. The molecule has 0 saturated carbocycles. The number of nitrogens with two attached hydrogens (primary N) is 1. The lowest BCUT2D eigenvalue weighted by Gasteiger charge is -1.97. The van der Waals surface area contributed by atoms with E-state index in [9.17, 15) is 0 Å². The fraction of sp³-hybridized carbons (Fsp3) is 0.333. The van der Waals surface area contributed by atoms with Crippen LogP contribution >= 0.6 is 0 Å². The van der Waals surface area contributed by atoms with E-state index in [1.807, 2.05) is 0 Å². The summed E-state index contributed by atoms with van der Waals surface area (Å²) >= 11 is 0. The Balaban J connectivity index is 2.80. The molecule has 1 rings (SSSR count). The zero-order valence-corrected chi connectivity index (χ0v) is 5.83. The largest absolute Gasteiger partial charge is 0.357 e. The number of nitrogens with one attached hydrogen (secondary N) is 1. The minimum absolute atomic E-state index is 0.490. The molecule has 0 aliphatic rings. The fourth-order valence-corrected chi connectivity index (χ4v) is 0.589. The van der Waals surface area contributed by atoms with Crippen molar-refractivity contribution in [1.29, 1.82) is 0 Å². The third kappa shape index (κ3) is 1.41. The number of rotatable bonds is 2. The summed E-state index contributed by atoms with van der Waals surface area (Å²) in [5.74, 6) is 0.622. The highest BCUT2D eigenvalue weighted by atomic mass is 15.1. The number of aromatic nitrogens is 2. The second-order valence-electron chi connectivity index (χ2n) is 1.87. The third-order valence-corrected chi connectivity index (χ3v) is 1.16. The summed E-state index contributed by atoms with van der Waals surface area (Å²) in [5.41, 5.74) is 6.28. The molecule has 0 aromatic carbocycles. The molecule has 54 valence electrons. The van der Waals surface area contributed by atoms with Crippen LogP contribution in [0.4, 0.5) is 5.95 Å². The van der Waals surface area contributed by atoms with Crippen molar-refractivity contribution in [2.24, 2.45) is 5.73 Å². The molecule has 0 radical (unpaired) electrons. The summed E-state index contributed by atoms with van der Waals surface area (Å²) in [6.45, 7) is 0.490. The molecule has 4 heteroatoms. The van der Waals surface area contributed by atoms with Gasteiger partial charge in [-0.15, -0.1) is 0 Å². The van der Waals surface area contributed by atoms with Crippen LogP contribution in [0.5, 0.6) is 0 Å². The maximum Gasteiger partial charge on any atom is 0.222 e. The Morgan fingerprint density at radius 3 is 2.50 bits per heavy atom. The van der Waals surface area contributed by atoms with Crippen molar-refractivity contribution in [2.45, 2.75) is 6.54 Å². The lowest BCUT2D eigenvalue weighted by molar-refractivity contribution is 1.01. The van der Waals surface area contributed by atoms with E-state index in [1.54, 1.807) is 19.4 Å². The summed E-state index contributed by atoms with van der Waals surface area (Å²) < 4.78 is 0. The molecule has 3 N–H and O–H groups in total. The minimum Gasteiger partial charge on any atom is -0.357 e. The first kappa shape index (κ1) is 6.95. The van der Waals surface area contributed by atoms with Crippen LogP contribution in [-0.4, -0.2) is 17.0 Å². The van der Waals surface area contributed by atoms with Crippen molar-refractivity contribution in [3.05, 3.63) is 18.0 Å². The van der Waals surface area contributed by atoms with E-state index in [-0.39, 0.29) is 0 Å². The van der Waals surface area contributed by atoms with Crippen LogP contribution in [0.3, 0.4) is 0 Å². The first-order chi connectivity index (χ1) is 4.86. The Bertz CT molecular complexity index is 170. The van der Waals surface area contributed by atoms with Crippen LogP contribution in [0.1, 0.15) is 5.56 Å². The molecule has 0 fully saturated rings. The molecule has 0 aliphatic heterocycles. The number of hydrogen-bond donors (Lipinski definition) is 2. The Hall–Kier alpha value is -1.16. The minimum atomic E-state index is 0.490. The Morgan fingerprint density at radius 2 is 2.10 bits per heavy atom. The highest BCUT2D eigenvalue weighted by Crippen LogP contribution is 1.96. The van der Waals surface area contributed by atoms with Crippen LogP contribution in [0.15, 0.2) is 12.4 Å². The SMILES string of the molecule is CNc1ncc(CN)cn1. The molecule has 0 unspecified atom stereocenters. The maximum absolute atomic E-state index is 5.34. The lowest BCUT2D eigenvalue weighted by atomic mass is 10.3. The van der Waals surface area contributed by atoms with Crippen molar-refractivity contribution in [3.63, 3.8) is 0 Å². The first-order valence-electron chi connectivity index (χ1n) is 3.05. The van der Waals surface area contributed by atoms with E-state index in [4.69, 9.17) is 5.73 Å². The van der Waals surface area contributed by atoms with Gasteiger partial charge in [-0.2, -0.15) is 0 Å². The maximum atomic E-state index is 5.34. The molecule has 0 spiro atoms. The number of nitrogens with zero attached hydrogens (tertiary/aromatic N) is 2. The Morgan fingerprint density at radius 1 is 1.50 bits per heavy atom. The van der Waals surface area contributed by atoms with Gasteiger partial charge in [0.1, 0.15) is 0 Å². The molecule has 0 bridgehead atoms. The van der Waals surface area contributed by atoms with E-state index in [0.29, 0.717) is 12.5 Å². The highest BCUT2D eigenvalue weighted by Gasteiger charge is 1.90. The van der Waals surface area contributed by atoms with Crippen LogP contribution < -0.4 is 11.1 Å². The predicted octanol–water partition coefficient (Wildman–Crippen LogP) is -0.0230. The van der Waals surface area contributed by atoms with Gasteiger partial charge in [0.25, 0.3) is 0 Å². The van der Waals surface area contributed by atoms with Gasteiger partial charge in [0.2, 0.25) is 5.95 Å². The summed E-state index contributed by atoms with van der Waals surface area (Å²) in [4.78, 5) is 7.93. The van der Waals surface area contributed by atoms with Crippen LogP contribution in [0, 0.1) is 0 Å². The molecule has 1 aromatic rings. The third-order valence-electron chi connectivity index (χ3n) is 1.16. The first-order valence-corrected chi connectivity index (χ1v) is 3.05. The van der Waals surface area contributed by atoms with Gasteiger partial charge in [-0.1, -0.05) is 0 Å². The highest BCUT2D eigenvalue weighted by molar-refractivity contribution is 5.22. The van der Waals surface area contributed by atoms with E-state index >= 15 is 0 Å². The lowest BCUT2D eigenvalue weighted by Crippen LogP contribution is -2.00. The summed E-state index contributed by atoms with van der Waals surface area (Å²) in [6, 6.07) is 0. The molecule has 1 heterocycles. The number of hydrogen-bond acceptors (Lipinski definition) is 4. The summed E-state index contributed by atoms with van der Waals surface area (Å²) in [7, 11) is 1.78. The average Bonchev–Trinajstić information content (AvgIpc) is 2.05. The standard InChI is InChI=1S/C6H10N4/c1-8-6-9-3-5(2-7)4-10-6/h3-4H,2,7H2,1H3,(H,8,9,10). The zero-order valence-electron chi connectivity index (χ0n) is 5.83. The van der Waals surface area contributed by atoms with Gasteiger partial charge in [-0.3, -0.25) is 0 Å². The summed E-state index contributed by atoms with van der Waals surface area (Å²) in [5, 5.41) is 2.82. The molecule has 4 nitrogen and oxygen atoms in total. The summed E-state index contributed by atoms with van der Waals surface area (Å²) in [6.07, 6.45) is 3.41. The van der Waals surface area contributed by atoms with Crippen molar-refractivity contribution in [1.82, 2.24) is 9.97 Å². The molecule has 0 aliphatic carbocycles. The monoisotopic (exact) mass is 138 g/mol. The van der Waals surface area contributed by atoms with E-state index in [0.717, 1.165) is 5.56 Å². The molecule has 1 aromatic heterocycles. The van der Waals surface area contributed by atoms with E-state index < -0.39 is 0 Å². The molecule has 10 heavy (non-hydrogen) atoms. The Labute approximate surface area is 59.5 Å². The van der Waals surface area contributed by atoms with Gasteiger partial charge in [0.15, 0.2) is 0 Å². The van der Waals surface area contributed by atoms with Crippen molar-refractivity contribution in [2.75, 3.05) is 12.4 Å².